The molecule has 0 radical (unpaired) electrons. The Morgan fingerprint density at radius 1 is 0.742 bits per heavy atom. The highest BCUT2D eigenvalue weighted by atomic mass is 16.5. The van der Waals surface area contributed by atoms with Gasteiger partial charge in [-0.25, -0.2) is 4.79 Å². The molecule has 2 amide bonds. The van der Waals surface area contributed by atoms with Gasteiger partial charge < -0.3 is 20.4 Å². The number of nitrogens with one attached hydrogen (secondary N) is 3. The van der Waals surface area contributed by atoms with E-state index in [4.69, 9.17) is 4.74 Å². The molecule has 7 heteroatoms. The number of hydrogen-bond acceptors (Lipinski definition) is 4. The normalized spacial score (nSPS) is 10.5. The number of H-pyrrole nitrogens is 1. The molecule has 154 valence electrons. The van der Waals surface area contributed by atoms with Crippen LogP contribution in [0, 0.1) is 0 Å². The quantitative estimate of drug-likeness (QED) is 0.421. The van der Waals surface area contributed by atoms with E-state index in [1.165, 1.54) is 7.11 Å². The maximum atomic E-state index is 12.9. The van der Waals surface area contributed by atoms with Crippen LogP contribution in [-0.2, 0) is 4.74 Å². The minimum absolute atomic E-state index is 0.234. The van der Waals surface area contributed by atoms with Crippen molar-refractivity contribution in [2.75, 3.05) is 17.7 Å². The molecule has 7 nitrogen and oxygen atoms in total. The molecule has 0 aliphatic rings. The lowest BCUT2D eigenvalue weighted by molar-refractivity contribution is 0.0601. The monoisotopic (exact) mass is 413 g/mol. The van der Waals surface area contributed by atoms with Crippen molar-refractivity contribution in [3.05, 3.63) is 95.7 Å². The number of aromatic amines is 1. The van der Waals surface area contributed by atoms with E-state index in [-0.39, 0.29) is 17.0 Å². The zero-order chi connectivity index (χ0) is 21.8. The van der Waals surface area contributed by atoms with Crippen LogP contribution in [0.25, 0.3) is 10.9 Å². The summed E-state index contributed by atoms with van der Waals surface area (Å²) < 4.78 is 4.76. The Hall–Kier alpha value is -4.39. The number of methoxy groups -OCH3 is 1. The van der Waals surface area contributed by atoms with Gasteiger partial charge in [-0.3, -0.25) is 9.59 Å². The van der Waals surface area contributed by atoms with Gasteiger partial charge in [0.05, 0.1) is 29.6 Å². The molecule has 0 bridgehead atoms. The SMILES string of the molecule is COC(=O)c1ccccc1NC(=O)c1ccccc1NC(=O)c1cc2ccccc2[nH]1. The average molecular weight is 413 g/mol. The third-order valence-electron chi connectivity index (χ3n) is 4.78. The van der Waals surface area contributed by atoms with Gasteiger partial charge in [0.25, 0.3) is 11.8 Å². The van der Waals surface area contributed by atoms with E-state index in [9.17, 15) is 14.4 Å². The molecule has 1 aromatic heterocycles. The molecule has 0 fully saturated rings. The first-order chi connectivity index (χ1) is 15.1. The lowest BCUT2D eigenvalue weighted by Gasteiger charge is -2.13. The molecule has 0 spiro atoms. The Balaban J connectivity index is 1.58. The topological polar surface area (TPSA) is 100 Å². The van der Waals surface area contributed by atoms with E-state index >= 15 is 0 Å². The zero-order valence-corrected chi connectivity index (χ0v) is 16.6. The van der Waals surface area contributed by atoms with Gasteiger partial charge in [0, 0.05) is 10.9 Å². The first kappa shape index (κ1) is 19.9. The Labute approximate surface area is 178 Å². The molecule has 31 heavy (non-hydrogen) atoms. The second kappa shape index (κ2) is 8.54. The number of amides is 2. The highest BCUT2D eigenvalue weighted by molar-refractivity contribution is 6.14. The van der Waals surface area contributed by atoms with Crippen molar-refractivity contribution in [2.24, 2.45) is 0 Å². The summed E-state index contributed by atoms with van der Waals surface area (Å²) in [5.41, 5.74) is 2.38. The molecule has 1 heterocycles. The number of carbonyl (C=O) groups excluding carboxylic acids is 3. The number of ether oxygens (including phenoxy) is 1. The van der Waals surface area contributed by atoms with Crippen molar-refractivity contribution in [1.29, 1.82) is 0 Å². The van der Waals surface area contributed by atoms with Gasteiger partial charge in [-0.1, -0.05) is 42.5 Å². The molecule has 0 saturated carbocycles. The van der Waals surface area contributed by atoms with Gasteiger partial charge in [0.1, 0.15) is 5.69 Å². The molecule has 0 atom stereocenters. The minimum atomic E-state index is -0.559. The van der Waals surface area contributed by atoms with Gasteiger partial charge in [0.15, 0.2) is 0 Å². The van der Waals surface area contributed by atoms with Crippen molar-refractivity contribution in [1.82, 2.24) is 4.98 Å². The van der Waals surface area contributed by atoms with E-state index in [1.54, 1.807) is 54.6 Å². The lowest BCUT2D eigenvalue weighted by atomic mass is 10.1. The van der Waals surface area contributed by atoms with Crippen molar-refractivity contribution in [3.8, 4) is 0 Å². The average Bonchev–Trinajstić information content (AvgIpc) is 3.24. The van der Waals surface area contributed by atoms with Crippen molar-refractivity contribution < 1.29 is 19.1 Å². The maximum absolute atomic E-state index is 12.9. The summed E-state index contributed by atoms with van der Waals surface area (Å²) in [5.74, 6) is -1.40. The second-order valence-electron chi connectivity index (χ2n) is 6.76. The predicted octanol–water partition coefficient (Wildman–Crippen LogP) is 4.46. The summed E-state index contributed by atoms with van der Waals surface area (Å²) in [6.07, 6.45) is 0. The minimum Gasteiger partial charge on any atom is -0.465 e. The number of hydrogen-bond donors (Lipinski definition) is 3. The Morgan fingerprint density at radius 3 is 2.03 bits per heavy atom. The summed E-state index contributed by atoms with van der Waals surface area (Å²) >= 11 is 0. The molecule has 0 unspecified atom stereocenters. The van der Waals surface area contributed by atoms with Gasteiger partial charge >= 0.3 is 5.97 Å². The largest absolute Gasteiger partial charge is 0.465 e. The fourth-order valence-corrected chi connectivity index (χ4v) is 3.25. The summed E-state index contributed by atoms with van der Waals surface area (Å²) in [5, 5.41) is 6.41. The van der Waals surface area contributed by atoms with Gasteiger partial charge in [-0.05, 0) is 36.4 Å². The number of esters is 1. The van der Waals surface area contributed by atoms with Crippen LogP contribution in [0.3, 0.4) is 0 Å². The van der Waals surface area contributed by atoms with Crippen LogP contribution in [0.15, 0.2) is 78.9 Å². The molecular weight excluding hydrogens is 394 g/mol. The Bertz CT molecular complexity index is 1260. The van der Waals surface area contributed by atoms with Gasteiger partial charge in [-0.15, -0.1) is 0 Å². The van der Waals surface area contributed by atoms with Crippen LogP contribution in [0.4, 0.5) is 11.4 Å². The van der Waals surface area contributed by atoms with Gasteiger partial charge in [-0.2, -0.15) is 0 Å². The second-order valence-corrected chi connectivity index (χ2v) is 6.76. The van der Waals surface area contributed by atoms with E-state index in [1.807, 2.05) is 24.3 Å². The molecule has 3 aromatic carbocycles. The van der Waals surface area contributed by atoms with Crippen LogP contribution in [0.1, 0.15) is 31.2 Å². The molecule has 4 rings (SSSR count). The summed E-state index contributed by atoms with van der Waals surface area (Å²) in [6.45, 7) is 0. The molecule has 0 aliphatic carbocycles. The van der Waals surface area contributed by atoms with Crippen LogP contribution in [0.5, 0.6) is 0 Å². The van der Waals surface area contributed by atoms with Crippen LogP contribution in [0.2, 0.25) is 0 Å². The summed E-state index contributed by atoms with van der Waals surface area (Å²) in [6, 6.07) is 22.5. The Kier molecular flexibility index (Phi) is 5.49. The maximum Gasteiger partial charge on any atom is 0.339 e. The fourth-order valence-electron chi connectivity index (χ4n) is 3.25. The number of rotatable bonds is 5. The van der Waals surface area contributed by atoms with Gasteiger partial charge in [0.2, 0.25) is 0 Å². The van der Waals surface area contributed by atoms with E-state index in [0.717, 1.165) is 10.9 Å². The van der Waals surface area contributed by atoms with Crippen molar-refractivity contribution in [3.63, 3.8) is 0 Å². The molecule has 0 saturated heterocycles. The summed E-state index contributed by atoms with van der Waals surface area (Å²) in [4.78, 5) is 40.7. The zero-order valence-electron chi connectivity index (χ0n) is 16.6. The number of aromatic nitrogens is 1. The number of benzene rings is 3. The first-order valence-corrected chi connectivity index (χ1v) is 9.53. The molecular formula is C24H19N3O4. The number of anilines is 2. The standard InChI is InChI=1S/C24H19N3O4/c1-31-24(30)17-10-4-7-13-20(17)26-22(28)16-9-3-6-12-19(16)27-23(29)21-14-15-8-2-5-11-18(15)25-21/h2-14,25H,1H3,(H,26,28)(H,27,29). The van der Waals surface area contributed by atoms with E-state index in [0.29, 0.717) is 17.1 Å². The lowest BCUT2D eigenvalue weighted by Crippen LogP contribution is -2.19. The van der Waals surface area contributed by atoms with E-state index < -0.39 is 11.9 Å². The first-order valence-electron chi connectivity index (χ1n) is 9.53. The molecule has 4 aromatic rings. The number of fused-ring (bicyclic) bond motifs is 1. The third-order valence-corrected chi connectivity index (χ3v) is 4.78. The smallest absolute Gasteiger partial charge is 0.339 e. The van der Waals surface area contributed by atoms with Crippen LogP contribution >= 0.6 is 0 Å². The highest BCUT2D eigenvalue weighted by Gasteiger charge is 2.18. The third kappa shape index (κ3) is 4.16. The summed E-state index contributed by atoms with van der Waals surface area (Å²) in [7, 11) is 1.27. The predicted molar refractivity (Wildman–Crippen MR) is 118 cm³/mol. The van der Waals surface area contributed by atoms with Crippen molar-refractivity contribution in [2.45, 2.75) is 0 Å². The van der Waals surface area contributed by atoms with E-state index in [2.05, 4.69) is 15.6 Å². The number of carbonyl (C=O) groups is 3. The van der Waals surface area contributed by atoms with Crippen molar-refractivity contribution >= 4 is 40.1 Å². The number of para-hydroxylation sites is 3. The highest BCUT2D eigenvalue weighted by Crippen LogP contribution is 2.22. The van der Waals surface area contributed by atoms with Crippen LogP contribution in [-0.4, -0.2) is 29.9 Å². The molecule has 0 aliphatic heterocycles. The molecule has 3 N–H and O–H groups in total. The van der Waals surface area contributed by atoms with Crippen LogP contribution < -0.4 is 10.6 Å². The fraction of sp³-hybridized carbons (Fsp3) is 0.0417. The Morgan fingerprint density at radius 2 is 1.32 bits per heavy atom.